The molecule has 144 valence electrons. The molecule has 2 rings (SSSR count). The maximum Gasteiger partial charge on any atom is 0.253 e. The third-order valence-electron chi connectivity index (χ3n) is 5.35. The van der Waals surface area contributed by atoms with Gasteiger partial charge in [0.05, 0.1) is 0 Å². The third kappa shape index (κ3) is 5.09. The normalized spacial score (nSPS) is 15.8. The minimum absolute atomic E-state index is 0.0594. The van der Waals surface area contributed by atoms with Gasteiger partial charge in [0.2, 0.25) is 5.91 Å². The van der Waals surface area contributed by atoms with Crippen LogP contribution in [0, 0.1) is 5.92 Å². The number of hydrogen-bond acceptors (Lipinski definition) is 2. The summed E-state index contributed by atoms with van der Waals surface area (Å²) in [6.45, 7) is 10.8. The molecule has 1 aliphatic heterocycles. The second-order valence-electron chi connectivity index (χ2n) is 8.51. The first-order chi connectivity index (χ1) is 12.2. The van der Waals surface area contributed by atoms with E-state index in [1.54, 1.807) is 0 Å². The fraction of sp³-hybridized carbons (Fsp3) is 0.636. The Hall–Kier alpha value is -1.84. The molecular weight excluding hydrogens is 324 g/mol. The van der Waals surface area contributed by atoms with E-state index < -0.39 is 0 Å². The van der Waals surface area contributed by atoms with E-state index in [4.69, 9.17) is 0 Å². The van der Waals surface area contributed by atoms with E-state index in [2.05, 4.69) is 27.7 Å². The number of piperidine rings is 1. The first-order valence-corrected chi connectivity index (χ1v) is 9.89. The van der Waals surface area contributed by atoms with Gasteiger partial charge in [0.25, 0.3) is 5.91 Å². The molecule has 1 aromatic rings. The van der Waals surface area contributed by atoms with Crippen molar-refractivity contribution in [3.63, 3.8) is 0 Å². The van der Waals surface area contributed by atoms with E-state index >= 15 is 0 Å². The highest BCUT2D eigenvalue weighted by molar-refractivity contribution is 5.94. The number of amides is 2. The summed E-state index contributed by atoms with van der Waals surface area (Å²) in [5, 5.41) is 0. The fourth-order valence-electron chi connectivity index (χ4n) is 3.44. The second-order valence-corrected chi connectivity index (χ2v) is 8.51. The predicted octanol–water partition coefficient (Wildman–Crippen LogP) is 4.09. The summed E-state index contributed by atoms with van der Waals surface area (Å²) in [7, 11) is 1.90. The molecule has 0 atom stereocenters. The number of carbonyl (C=O) groups excluding carboxylic acids is 2. The van der Waals surface area contributed by atoms with Crippen molar-refractivity contribution in [1.29, 1.82) is 0 Å². The topological polar surface area (TPSA) is 40.6 Å². The lowest BCUT2D eigenvalue weighted by Crippen LogP contribution is -2.43. The van der Waals surface area contributed by atoms with Crippen molar-refractivity contribution >= 4 is 11.8 Å². The summed E-state index contributed by atoms with van der Waals surface area (Å²) >= 11 is 0. The first kappa shape index (κ1) is 20.5. The van der Waals surface area contributed by atoms with Crippen LogP contribution in [-0.4, -0.2) is 48.3 Å². The van der Waals surface area contributed by atoms with Crippen molar-refractivity contribution in [1.82, 2.24) is 9.80 Å². The van der Waals surface area contributed by atoms with Gasteiger partial charge in [-0.2, -0.15) is 0 Å². The standard InChI is InChI=1S/C22H34N2O2/c1-6-7-14-23(5)20(25)18-12-15-24(16-13-18)21(26)17-8-10-19(11-9-17)22(2,3)4/h8-11,18H,6-7,12-16H2,1-5H3. The van der Waals surface area contributed by atoms with Gasteiger partial charge in [-0.1, -0.05) is 46.2 Å². The van der Waals surface area contributed by atoms with Crippen molar-refractivity contribution in [2.45, 2.75) is 58.8 Å². The quantitative estimate of drug-likeness (QED) is 0.795. The summed E-state index contributed by atoms with van der Waals surface area (Å²) in [4.78, 5) is 29.0. The Kier molecular flexibility index (Phi) is 6.85. The van der Waals surface area contributed by atoms with Crippen LogP contribution in [-0.2, 0) is 10.2 Å². The molecule has 1 fully saturated rings. The first-order valence-electron chi connectivity index (χ1n) is 9.89. The van der Waals surface area contributed by atoms with E-state index in [0.717, 1.165) is 37.8 Å². The Morgan fingerprint density at radius 2 is 1.69 bits per heavy atom. The van der Waals surface area contributed by atoms with Gasteiger partial charge < -0.3 is 9.80 Å². The van der Waals surface area contributed by atoms with E-state index in [0.29, 0.717) is 13.1 Å². The highest BCUT2D eigenvalue weighted by Crippen LogP contribution is 2.24. The zero-order valence-corrected chi connectivity index (χ0v) is 17.0. The van der Waals surface area contributed by atoms with Crippen molar-refractivity contribution in [3.05, 3.63) is 35.4 Å². The molecule has 0 spiro atoms. The van der Waals surface area contributed by atoms with Crippen LogP contribution in [0.15, 0.2) is 24.3 Å². The summed E-state index contributed by atoms with van der Waals surface area (Å²) in [5.41, 5.74) is 2.06. The van der Waals surface area contributed by atoms with Gasteiger partial charge in [-0.25, -0.2) is 0 Å². The molecule has 0 aromatic heterocycles. The zero-order chi connectivity index (χ0) is 19.3. The van der Waals surface area contributed by atoms with Crippen molar-refractivity contribution < 1.29 is 9.59 Å². The van der Waals surface area contributed by atoms with Crippen LogP contribution in [0.4, 0.5) is 0 Å². The molecule has 2 amide bonds. The number of hydrogen-bond donors (Lipinski definition) is 0. The summed E-state index contributed by atoms with van der Waals surface area (Å²) in [6, 6.07) is 7.95. The maximum atomic E-state index is 12.7. The Balaban J connectivity index is 1.91. The van der Waals surface area contributed by atoms with Crippen LogP contribution in [0.25, 0.3) is 0 Å². The Morgan fingerprint density at radius 3 is 2.19 bits per heavy atom. The highest BCUT2D eigenvalue weighted by atomic mass is 16.2. The monoisotopic (exact) mass is 358 g/mol. The number of likely N-dealkylation sites (tertiary alicyclic amines) is 1. The van der Waals surface area contributed by atoms with Gasteiger partial charge in [-0.05, 0) is 42.4 Å². The van der Waals surface area contributed by atoms with Gasteiger partial charge in [0, 0.05) is 38.2 Å². The maximum absolute atomic E-state index is 12.7. The van der Waals surface area contributed by atoms with Gasteiger partial charge in [0.1, 0.15) is 0 Å². The summed E-state index contributed by atoms with van der Waals surface area (Å²) < 4.78 is 0. The van der Waals surface area contributed by atoms with Crippen LogP contribution in [0.2, 0.25) is 0 Å². The number of nitrogens with zero attached hydrogens (tertiary/aromatic N) is 2. The largest absolute Gasteiger partial charge is 0.346 e. The van der Waals surface area contributed by atoms with E-state index in [-0.39, 0.29) is 23.1 Å². The number of unbranched alkanes of at least 4 members (excludes halogenated alkanes) is 1. The second kappa shape index (κ2) is 8.70. The molecule has 1 aromatic carbocycles. The van der Waals surface area contributed by atoms with Crippen molar-refractivity contribution in [2.24, 2.45) is 5.92 Å². The van der Waals surface area contributed by atoms with E-state index in [1.807, 2.05) is 41.1 Å². The SMILES string of the molecule is CCCCN(C)C(=O)C1CCN(C(=O)c2ccc(C(C)(C)C)cc2)CC1. The Bertz CT molecular complexity index is 608. The lowest BCUT2D eigenvalue weighted by molar-refractivity contribution is -0.135. The third-order valence-corrected chi connectivity index (χ3v) is 5.35. The summed E-state index contributed by atoms with van der Waals surface area (Å²) in [6.07, 6.45) is 3.67. The van der Waals surface area contributed by atoms with Crippen LogP contribution < -0.4 is 0 Å². The highest BCUT2D eigenvalue weighted by Gasteiger charge is 2.29. The molecule has 0 radical (unpaired) electrons. The van der Waals surface area contributed by atoms with Gasteiger partial charge in [-0.15, -0.1) is 0 Å². The van der Waals surface area contributed by atoms with Crippen LogP contribution in [0.5, 0.6) is 0 Å². The Labute approximate surface area is 158 Å². The Morgan fingerprint density at radius 1 is 1.12 bits per heavy atom. The molecule has 4 nitrogen and oxygen atoms in total. The zero-order valence-electron chi connectivity index (χ0n) is 17.0. The molecule has 4 heteroatoms. The number of benzene rings is 1. The van der Waals surface area contributed by atoms with Gasteiger partial charge >= 0.3 is 0 Å². The van der Waals surface area contributed by atoms with Crippen molar-refractivity contribution in [3.8, 4) is 0 Å². The molecule has 0 unspecified atom stereocenters. The average molecular weight is 359 g/mol. The van der Waals surface area contributed by atoms with Crippen molar-refractivity contribution in [2.75, 3.05) is 26.7 Å². The van der Waals surface area contributed by atoms with Gasteiger partial charge in [-0.3, -0.25) is 9.59 Å². The molecule has 0 bridgehead atoms. The molecule has 1 aliphatic rings. The molecule has 0 saturated carbocycles. The number of carbonyl (C=O) groups is 2. The molecule has 1 saturated heterocycles. The van der Waals surface area contributed by atoms with Crippen LogP contribution in [0.3, 0.4) is 0 Å². The lowest BCUT2D eigenvalue weighted by Gasteiger charge is -2.33. The fourth-order valence-corrected chi connectivity index (χ4v) is 3.44. The van der Waals surface area contributed by atoms with Crippen LogP contribution in [0.1, 0.15) is 69.3 Å². The average Bonchev–Trinajstić information content (AvgIpc) is 2.64. The van der Waals surface area contributed by atoms with Gasteiger partial charge in [0.15, 0.2) is 0 Å². The molecule has 0 aliphatic carbocycles. The minimum Gasteiger partial charge on any atom is -0.346 e. The number of rotatable bonds is 5. The molecular formula is C22H34N2O2. The minimum atomic E-state index is 0.0594. The van der Waals surface area contributed by atoms with Crippen LogP contribution >= 0.6 is 0 Å². The molecule has 1 heterocycles. The van der Waals surface area contributed by atoms with E-state index in [9.17, 15) is 9.59 Å². The van der Waals surface area contributed by atoms with E-state index in [1.165, 1.54) is 5.56 Å². The molecule has 26 heavy (non-hydrogen) atoms. The lowest BCUT2D eigenvalue weighted by atomic mass is 9.86. The summed E-state index contributed by atoms with van der Waals surface area (Å²) in [5.74, 6) is 0.375. The predicted molar refractivity (Wildman–Crippen MR) is 106 cm³/mol. The molecule has 0 N–H and O–H groups in total. The smallest absolute Gasteiger partial charge is 0.253 e.